The first-order valence-electron chi connectivity index (χ1n) is 13.0. The zero-order chi connectivity index (χ0) is 21.0. The third kappa shape index (κ3) is 3.73. The van der Waals surface area contributed by atoms with Gasteiger partial charge in [0.05, 0.1) is 12.2 Å². The molecule has 168 valence electrons. The fourth-order valence-corrected chi connectivity index (χ4v) is 9.38. The first-order valence-corrected chi connectivity index (χ1v) is 13.0. The fraction of sp³-hybridized carbons (Fsp3) is 1.00. The molecule has 4 aliphatic carbocycles. The number of aliphatic hydroxyl groups excluding tert-OH is 2. The van der Waals surface area contributed by atoms with Crippen LogP contribution in [0.5, 0.6) is 0 Å². The summed E-state index contributed by atoms with van der Waals surface area (Å²) in [5.41, 5.74) is 0.596. The normalized spacial score (nSPS) is 50.7. The molecule has 0 aromatic rings. The van der Waals surface area contributed by atoms with E-state index >= 15 is 0 Å². The first kappa shape index (κ1) is 22.1. The third-order valence-electron chi connectivity index (χ3n) is 10.8. The molecule has 29 heavy (non-hydrogen) atoms. The predicted molar refractivity (Wildman–Crippen MR) is 120 cm³/mol. The molecule has 2 heteroatoms. The van der Waals surface area contributed by atoms with Crippen LogP contribution < -0.4 is 0 Å². The van der Waals surface area contributed by atoms with Gasteiger partial charge in [-0.3, -0.25) is 0 Å². The zero-order valence-electron chi connectivity index (χ0n) is 19.9. The van der Waals surface area contributed by atoms with Gasteiger partial charge >= 0.3 is 0 Å². The Morgan fingerprint density at radius 3 is 2.38 bits per heavy atom. The highest BCUT2D eigenvalue weighted by molar-refractivity contribution is 5.12. The fourth-order valence-electron chi connectivity index (χ4n) is 9.38. The molecule has 0 radical (unpaired) electrons. The Labute approximate surface area is 180 Å². The van der Waals surface area contributed by atoms with Crippen molar-refractivity contribution in [2.75, 3.05) is 0 Å². The van der Waals surface area contributed by atoms with E-state index < -0.39 is 0 Å². The molecular weight excluding hydrogens is 356 g/mol. The molecule has 0 aromatic carbocycles. The molecule has 0 amide bonds. The van der Waals surface area contributed by atoms with E-state index in [0.29, 0.717) is 23.2 Å². The molecule has 0 aliphatic heterocycles. The molecule has 4 fully saturated rings. The minimum absolute atomic E-state index is 0.0989. The Morgan fingerprint density at radius 2 is 1.66 bits per heavy atom. The van der Waals surface area contributed by atoms with E-state index in [1.165, 1.54) is 44.9 Å². The predicted octanol–water partition coefficient (Wildman–Crippen LogP) is 6.44. The maximum atomic E-state index is 11.6. The van der Waals surface area contributed by atoms with Gasteiger partial charge in [-0.1, -0.05) is 53.9 Å². The summed E-state index contributed by atoms with van der Waals surface area (Å²) in [7, 11) is 0. The van der Waals surface area contributed by atoms with Crippen LogP contribution >= 0.6 is 0 Å². The number of hydrogen-bond acceptors (Lipinski definition) is 2. The first-order chi connectivity index (χ1) is 13.7. The maximum absolute atomic E-state index is 11.6. The lowest BCUT2D eigenvalue weighted by molar-refractivity contribution is -0.179. The van der Waals surface area contributed by atoms with E-state index in [1.807, 2.05) is 0 Å². The number of hydrogen-bond donors (Lipinski definition) is 2. The molecule has 0 saturated heterocycles. The summed E-state index contributed by atoms with van der Waals surface area (Å²) in [4.78, 5) is 0. The van der Waals surface area contributed by atoms with Gasteiger partial charge in [-0.05, 0) is 104 Å². The molecule has 4 aliphatic rings. The van der Waals surface area contributed by atoms with Crippen LogP contribution in [0.2, 0.25) is 0 Å². The van der Waals surface area contributed by atoms with E-state index in [0.717, 1.165) is 49.4 Å². The summed E-state index contributed by atoms with van der Waals surface area (Å²) >= 11 is 0. The van der Waals surface area contributed by atoms with Crippen molar-refractivity contribution in [2.24, 2.45) is 52.3 Å². The summed E-state index contributed by atoms with van der Waals surface area (Å²) < 4.78 is 0. The van der Waals surface area contributed by atoms with Crippen molar-refractivity contribution in [2.45, 2.75) is 117 Å². The summed E-state index contributed by atoms with van der Waals surface area (Å²) in [5, 5.41) is 21.8. The van der Waals surface area contributed by atoms with Crippen molar-refractivity contribution in [3.05, 3.63) is 0 Å². The van der Waals surface area contributed by atoms with Crippen molar-refractivity contribution >= 4 is 0 Å². The zero-order valence-corrected chi connectivity index (χ0v) is 19.9. The lowest BCUT2D eigenvalue weighted by Crippen LogP contribution is -2.59. The Morgan fingerprint density at radius 1 is 0.897 bits per heavy atom. The second kappa shape index (κ2) is 8.12. The molecule has 0 heterocycles. The van der Waals surface area contributed by atoms with Gasteiger partial charge in [0.25, 0.3) is 0 Å². The van der Waals surface area contributed by atoms with Crippen LogP contribution in [0.3, 0.4) is 0 Å². The molecular formula is C27H48O2. The molecule has 2 N–H and O–H groups in total. The Balaban J connectivity index is 1.51. The van der Waals surface area contributed by atoms with Crippen LogP contribution in [0.1, 0.15) is 105 Å². The van der Waals surface area contributed by atoms with Crippen LogP contribution in [0.4, 0.5) is 0 Å². The minimum atomic E-state index is -0.132. The third-order valence-corrected chi connectivity index (χ3v) is 10.8. The van der Waals surface area contributed by atoms with E-state index in [9.17, 15) is 10.2 Å². The van der Waals surface area contributed by atoms with Gasteiger partial charge in [0.2, 0.25) is 0 Å². The average Bonchev–Trinajstić information content (AvgIpc) is 2.98. The average molecular weight is 405 g/mol. The van der Waals surface area contributed by atoms with Gasteiger partial charge in [-0.2, -0.15) is 0 Å². The summed E-state index contributed by atoms with van der Waals surface area (Å²) in [6.45, 7) is 12.2. The number of fused-ring (bicyclic) bond motifs is 5. The molecule has 4 saturated carbocycles. The van der Waals surface area contributed by atoms with Crippen LogP contribution in [0.15, 0.2) is 0 Å². The SMILES string of the molecule is CC(C)CCC[C@@H](C)[C@H]1CC[C@@H]2[C@@H]3CC[C@H]4C[C@@H](O)CC[C@]4(C)[C@H]3[C@H](O)C[C@@]21C. The van der Waals surface area contributed by atoms with E-state index in [4.69, 9.17) is 0 Å². The quantitative estimate of drug-likeness (QED) is 0.553. The van der Waals surface area contributed by atoms with Crippen LogP contribution in [-0.4, -0.2) is 22.4 Å². The van der Waals surface area contributed by atoms with Crippen molar-refractivity contribution in [1.82, 2.24) is 0 Å². The number of rotatable bonds is 5. The van der Waals surface area contributed by atoms with Gasteiger partial charge in [-0.25, -0.2) is 0 Å². The van der Waals surface area contributed by atoms with Crippen molar-refractivity contribution < 1.29 is 10.2 Å². The molecule has 0 bridgehead atoms. The second-order valence-electron chi connectivity index (χ2n) is 12.8. The van der Waals surface area contributed by atoms with E-state index in [2.05, 4.69) is 34.6 Å². The minimum Gasteiger partial charge on any atom is -0.393 e. The largest absolute Gasteiger partial charge is 0.393 e. The van der Waals surface area contributed by atoms with Crippen molar-refractivity contribution in [3.8, 4) is 0 Å². The Hall–Kier alpha value is -0.0800. The van der Waals surface area contributed by atoms with Gasteiger partial charge in [-0.15, -0.1) is 0 Å². The molecule has 0 spiro atoms. The Kier molecular flexibility index (Phi) is 6.19. The van der Waals surface area contributed by atoms with Crippen LogP contribution in [0.25, 0.3) is 0 Å². The summed E-state index contributed by atoms with van der Waals surface area (Å²) in [5.74, 6) is 5.04. The van der Waals surface area contributed by atoms with Gasteiger partial charge in [0.15, 0.2) is 0 Å². The van der Waals surface area contributed by atoms with Crippen LogP contribution in [0, 0.1) is 52.3 Å². The highest BCUT2D eigenvalue weighted by atomic mass is 16.3. The highest BCUT2D eigenvalue weighted by Gasteiger charge is 2.63. The lowest BCUT2D eigenvalue weighted by Gasteiger charge is -2.62. The lowest BCUT2D eigenvalue weighted by atomic mass is 9.43. The van der Waals surface area contributed by atoms with Crippen molar-refractivity contribution in [3.63, 3.8) is 0 Å². The monoisotopic (exact) mass is 404 g/mol. The smallest absolute Gasteiger partial charge is 0.0581 e. The van der Waals surface area contributed by atoms with Gasteiger partial charge in [0, 0.05) is 0 Å². The Bertz CT molecular complexity index is 573. The van der Waals surface area contributed by atoms with Gasteiger partial charge in [0.1, 0.15) is 0 Å². The maximum Gasteiger partial charge on any atom is 0.0581 e. The van der Waals surface area contributed by atoms with Gasteiger partial charge < -0.3 is 10.2 Å². The molecule has 4 rings (SSSR count). The molecule has 0 unspecified atom stereocenters. The standard InChI is InChI=1S/C27H48O2/c1-17(2)7-6-8-18(3)22-11-12-23-21-10-9-19-15-20(28)13-14-26(19,4)25(21)24(29)16-27(22,23)5/h17-25,28-29H,6-16H2,1-5H3/t18-,19+,20+,21+,22-,23-,24-,25-,26+,27-/m1/s1. The van der Waals surface area contributed by atoms with E-state index in [1.54, 1.807) is 0 Å². The summed E-state index contributed by atoms with van der Waals surface area (Å²) in [6.07, 6.45) is 13.3. The van der Waals surface area contributed by atoms with Crippen molar-refractivity contribution in [1.29, 1.82) is 0 Å². The molecule has 10 atom stereocenters. The van der Waals surface area contributed by atoms with E-state index in [-0.39, 0.29) is 17.6 Å². The highest BCUT2D eigenvalue weighted by Crippen LogP contribution is 2.68. The molecule has 0 aromatic heterocycles. The summed E-state index contributed by atoms with van der Waals surface area (Å²) in [6, 6.07) is 0. The second-order valence-corrected chi connectivity index (χ2v) is 12.8. The number of aliphatic hydroxyl groups is 2. The molecule has 2 nitrogen and oxygen atoms in total. The topological polar surface area (TPSA) is 40.5 Å². The van der Waals surface area contributed by atoms with Crippen LogP contribution in [-0.2, 0) is 0 Å².